The summed E-state index contributed by atoms with van der Waals surface area (Å²) in [5.74, 6) is 0. The maximum atomic E-state index is 2.31. The lowest BCUT2D eigenvalue weighted by molar-refractivity contribution is -0.514. The summed E-state index contributed by atoms with van der Waals surface area (Å²) < 4.78 is 2.18. The van der Waals surface area contributed by atoms with E-state index in [1.54, 1.807) is 0 Å². The molecule has 0 radical (unpaired) electrons. The van der Waals surface area contributed by atoms with Gasteiger partial charge in [-0.1, -0.05) is 6.92 Å². The van der Waals surface area contributed by atoms with Crippen molar-refractivity contribution in [2.24, 2.45) is 0 Å². The molecule has 1 aliphatic heterocycles. The van der Waals surface area contributed by atoms with Crippen molar-refractivity contribution in [3.63, 3.8) is 0 Å². The highest BCUT2D eigenvalue weighted by atomic mass is 15.2. The molecule has 0 aromatic carbocycles. The van der Waals surface area contributed by atoms with Gasteiger partial charge in [-0.25, -0.2) is 4.58 Å². The molecule has 1 aliphatic rings. The van der Waals surface area contributed by atoms with E-state index in [1.165, 1.54) is 6.42 Å². The first-order valence-electron chi connectivity index (χ1n) is 3.79. The highest BCUT2D eigenvalue weighted by Gasteiger charge is 2.05. The first-order valence-corrected chi connectivity index (χ1v) is 3.79. The Labute approximate surface area is 62.5 Å². The van der Waals surface area contributed by atoms with E-state index < -0.39 is 0 Å². The molecule has 0 aromatic heterocycles. The van der Waals surface area contributed by atoms with E-state index in [4.69, 9.17) is 0 Å². The van der Waals surface area contributed by atoms with Crippen molar-refractivity contribution in [3.8, 4) is 0 Å². The highest BCUT2D eigenvalue weighted by molar-refractivity contribution is 5.66. The first-order chi connectivity index (χ1) is 4.83. The van der Waals surface area contributed by atoms with Crippen LogP contribution in [0.15, 0.2) is 12.3 Å². The Bertz CT molecular complexity index is 159. The van der Waals surface area contributed by atoms with Gasteiger partial charge in [0.15, 0.2) is 6.21 Å². The van der Waals surface area contributed by atoms with Gasteiger partial charge in [0.2, 0.25) is 6.67 Å². The molecule has 0 bridgehead atoms. The summed E-state index contributed by atoms with van der Waals surface area (Å²) in [7, 11) is 2.09. The fraction of sp³-hybridized carbons (Fsp3) is 0.625. The Balaban J connectivity index is 2.39. The van der Waals surface area contributed by atoms with Crippen LogP contribution >= 0.6 is 0 Å². The van der Waals surface area contributed by atoms with E-state index in [0.29, 0.717) is 0 Å². The summed E-state index contributed by atoms with van der Waals surface area (Å²) in [6, 6.07) is 0. The number of nitrogens with zero attached hydrogens (tertiary/aromatic N) is 2. The molecule has 0 fully saturated rings. The number of hydrogen-bond acceptors (Lipinski definition) is 1. The lowest BCUT2D eigenvalue weighted by atomic mass is 10.4. The van der Waals surface area contributed by atoms with Crippen LogP contribution in [0.3, 0.4) is 0 Å². The van der Waals surface area contributed by atoms with Crippen molar-refractivity contribution in [2.75, 3.05) is 20.3 Å². The van der Waals surface area contributed by atoms with Crippen molar-refractivity contribution >= 4 is 6.21 Å². The molecule has 56 valence electrons. The van der Waals surface area contributed by atoms with Crippen molar-refractivity contribution in [2.45, 2.75) is 13.3 Å². The summed E-state index contributed by atoms with van der Waals surface area (Å²) in [5, 5.41) is 0. The fourth-order valence-corrected chi connectivity index (χ4v) is 1.12. The van der Waals surface area contributed by atoms with E-state index in [0.717, 1.165) is 13.2 Å². The van der Waals surface area contributed by atoms with Crippen molar-refractivity contribution in [1.82, 2.24) is 4.90 Å². The predicted molar refractivity (Wildman–Crippen MR) is 43.3 cm³/mol. The quantitative estimate of drug-likeness (QED) is 0.515. The Hall–Kier alpha value is -0.790. The van der Waals surface area contributed by atoms with E-state index in [-0.39, 0.29) is 0 Å². The van der Waals surface area contributed by atoms with Gasteiger partial charge < -0.3 is 4.90 Å². The maximum Gasteiger partial charge on any atom is 0.217 e. The second kappa shape index (κ2) is 3.40. The van der Waals surface area contributed by atoms with Gasteiger partial charge in [0.25, 0.3) is 0 Å². The van der Waals surface area contributed by atoms with Gasteiger partial charge in [-0.05, 0) is 6.42 Å². The number of hydrogen-bond donors (Lipinski definition) is 0. The van der Waals surface area contributed by atoms with Gasteiger partial charge in [0.1, 0.15) is 7.05 Å². The van der Waals surface area contributed by atoms with E-state index in [1.807, 2.05) is 0 Å². The lowest BCUT2D eigenvalue weighted by Gasteiger charge is -2.17. The molecule has 0 amide bonds. The molecule has 0 aliphatic carbocycles. The second-order valence-corrected chi connectivity index (χ2v) is 2.70. The highest BCUT2D eigenvalue weighted by Crippen LogP contribution is 1.95. The van der Waals surface area contributed by atoms with Crippen LogP contribution in [-0.4, -0.2) is 36.0 Å². The SMILES string of the molecule is CCCN1C=CC=[N+](C)C1. The van der Waals surface area contributed by atoms with Gasteiger partial charge in [-0.3, -0.25) is 0 Å². The molecule has 0 N–H and O–H groups in total. The summed E-state index contributed by atoms with van der Waals surface area (Å²) in [4.78, 5) is 2.31. The van der Waals surface area contributed by atoms with Gasteiger partial charge >= 0.3 is 0 Å². The zero-order valence-corrected chi connectivity index (χ0v) is 6.75. The summed E-state index contributed by atoms with van der Waals surface area (Å²) >= 11 is 0. The van der Waals surface area contributed by atoms with E-state index in [9.17, 15) is 0 Å². The van der Waals surface area contributed by atoms with Crippen LogP contribution < -0.4 is 0 Å². The van der Waals surface area contributed by atoms with Gasteiger partial charge in [-0.15, -0.1) is 0 Å². The summed E-state index contributed by atoms with van der Waals surface area (Å²) in [6.07, 6.45) is 7.53. The minimum absolute atomic E-state index is 1.03. The molecule has 0 saturated heterocycles. The maximum absolute atomic E-state index is 2.31. The molecule has 2 heteroatoms. The second-order valence-electron chi connectivity index (χ2n) is 2.70. The third-order valence-electron chi connectivity index (χ3n) is 1.55. The van der Waals surface area contributed by atoms with Crippen LogP contribution in [0, 0.1) is 0 Å². The molecule has 0 spiro atoms. The normalized spacial score (nSPS) is 17.4. The van der Waals surface area contributed by atoms with E-state index >= 15 is 0 Å². The Morgan fingerprint density at radius 1 is 1.60 bits per heavy atom. The average molecular weight is 139 g/mol. The standard InChI is InChI=1S/C8H15N2/c1-3-5-10-7-4-6-9(2)8-10/h4,6-7H,3,5,8H2,1-2H3/q+1. The van der Waals surface area contributed by atoms with Crippen LogP contribution in [0.2, 0.25) is 0 Å². The zero-order chi connectivity index (χ0) is 7.40. The monoisotopic (exact) mass is 139 g/mol. The number of allylic oxidation sites excluding steroid dienone is 1. The minimum Gasteiger partial charge on any atom is -0.323 e. The van der Waals surface area contributed by atoms with Gasteiger partial charge in [0.05, 0.1) is 0 Å². The molecular weight excluding hydrogens is 124 g/mol. The fourth-order valence-electron chi connectivity index (χ4n) is 1.12. The molecular formula is C8H15N2+. The van der Waals surface area contributed by atoms with E-state index in [2.05, 4.69) is 41.9 Å². The topological polar surface area (TPSA) is 6.25 Å². The van der Waals surface area contributed by atoms with Crippen LogP contribution in [0.5, 0.6) is 0 Å². The Morgan fingerprint density at radius 2 is 2.40 bits per heavy atom. The third kappa shape index (κ3) is 1.87. The molecule has 10 heavy (non-hydrogen) atoms. The molecule has 1 rings (SSSR count). The largest absolute Gasteiger partial charge is 0.323 e. The predicted octanol–water partition coefficient (Wildman–Crippen LogP) is 0.896. The van der Waals surface area contributed by atoms with Crippen LogP contribution in [-0.2, 0) is 0 Å². The minimum atomic E-state index is 1.03. The van der Waals surface area contributed by atoms with Gasteiger partial charge in [0, 0.05) is 18.8 Å². The van der Waals surface area contributed by atoms with Crippen molar-refractivity contribution < 1.29 is 4.58 Å². The lowest BCUT2D eigenvalue weighted by Crippen LogP contribution is -2.30. The zero-order valence-electron chi connectivity index (χ0n) is 6.75. The third-order valence-corrected chi connectivity index (χ3v) is 1.55. The molecule has 0 atom stereocenters. The molecule has 1 heterocycles. The van der Waals surface area contributed by atoms with Crippen molar-refractivity contribution in [1.29, 1.82) is 0 Å². The molecule has 0 aromatic rings. The van der Waals surface area contributed by atoms with Crippen molar-refractivity contribution in [3.05, 3.63) is 12.3 Å². The smallest absolute Gasteiger partial charge is 0.217 e. The summed E-state index contributed by atoms with van der Waals surface area (Å²) in [6.45, 7) is 4.39. The molecule has 0 saturated carbocycles. The van der Waals surface area contributed by atoms with Crippen LogP contribution in [0.25, 0.3) is 0 Å². The average Bonchev–Trinajstić information content (AvgIpc) is 1.88. The van der Waals surface area contributed by atoms with Crippen LogP contribution in [0.4, 0.5) is 0 Å². The summed E-state index contributed by atoms with van der Waals surface area (Å²) in [5.41, 5.74) is 0. The Morgan fingerprint density at radius 3 is 3.00 bits per heavy atom. The first kappa shape index (κ1) is 7.32. The number of rotatable bonds is 2. The molecule has 2 nitrogen and oxygen atoms in total. The van der Waals surface area contributed by atoms with Crippen LogP contribution in [0.1, 0.15) is 13.3 Å². The Kier molecular flexibility index (Phi) is 2.49. The molecule has 0 unspecified atom stereocenters. The van der Waals surface area contributed by atoms with Gasteiger partial charge in [-0.2, -0.15) is 0 Å².